The van der Waals surface area contributed by atoms with Gasteiger partial charge in [-0.15, -0.1) is 0 Å². The largest absolute Gasteiger partial charge is 0.272 e. The number of hydrogen-bond acceptors (Lipinski definition) is 5. The molecule has 6 heteroatoms. The number of nitrogens with zero attached hydrogens (tertiary/aromatic N) is 4. The maximum absolute atomic E-state index is 5.68. The summed E-state index contributed by atoms with van der Waals surface area (Å²) in [7, 11) is 0. The Kier molecular flexibility index (Phi) is 1.33. The second-order valence-corrected chi connectivity index (χ2v) is 2.66. The van der Waals surface area contributed by atoms with E-state index in [0.717, 1.165) is 0 Å². The van der Waals surface area contributed by atoms with E-state index in [0.29, 0.717) is 18.2 Å². The molecule has 0 unspecified atom stereocenters. The first-order valence-electron chi connectivity index (χ1n) is 3.04. The summed E-state index contributed by atoms with van der Waals surface area (Å²) < 4.78 is 1.43. The lowest BCUT2D eigenvalue weighted by Crippen LogP contribution is -2.45. The van der Waals surface area contributed by atoms with E-state index in [1.807, 2.05) is 0 Å². The Hall–Kier alpha value is -1.07. The zero-order chi connectivity index (χ0) is 7.84. The monoisotopic (exact) mass is 171 g/mol. The van der Waals surface area contributed by atoms with Crippen LogP contribution in [0.3, 0.4) is 0 Å². The second-order valence-electron chi connectivity index (χ2n) is 2.22. The van der Waals surface area contributed by atoms with Gasteiger partial charge in [0.05, 0.1) is 0 Å². The lowest BCUT2D eigenvalue weighted by atomic mass is 10.4. The van der Waals surface area contributed by atoms with Gasteiger partial charge in [-0.05, 0) is 0 Å². The van der Waals surface area contributed by atoms with Crippen LogP contribution in [-0.2, 0) is 0 Å². The second kappa shape index (κ2) is 2.21. The fraction of sp³-hybridized carbons (Fsp3) is 0.200. The Morgan fingerprint density at radius 1 is 1.64 bits per heavy atom. The minimum Gasteiger partial charge on any atom is -0.272 e. The van der Waals surface area contributed by atoms with E-state index in [1.165, 1.54) is 15.8 Å². The summed E-state index contributed by atoms with van der Waals surface area (Å²) >= 11 is 5.68. The van der Waals surface area contributed by atoms with Crippen molar-refractivity contribution in [3.63, 3.8) is 0 Å². The number of hydrazine groups is 1. The van der Waals surface area contributed by atoms with Crippen molar-refractivity contribution in [1.29, 1.82) is 0 Å². The highest BCUT2D eigenvalue weighted by atomic mass is 35.5. The molecule has 5 nitrogen and oxygen atoms in total. The van der Waals surface area contributed by atoms with Crippen LogP contribution in [0.25, 0.3) is 0 Å². The van der Waals surface area contributed by atoms with E-state index in [-0.39, 0.29) is 0 Å². The van der Waals surface area contributed by atoms with Crippen molar-refractivity contribution in [2.24, 2.45) is 15.8 Å². The number of fused-ring (bicyclic) bond motifs is 1. The zero-order valence-electron chi connectivity index (χ0n) is 5.61. The number of rotatable bonds is 0. The molecule has 0 bridgehead atoms. The van der Waals surface area contributed by atoms with Crippen LogP contribution in [0.2, 0.25) is 0 Å². The predicted molar refractivity (Wildman–Crippen MR) is 42.6 cm³/mol. The molecule has 0 saturated carbocycles. The Morgan fingerprint density at radius 3 is 3.27 bits per heavy atom. The van der Waals surface area contributed by atoms with Gasteiger partial charge in [0.15, 0.2) is 5.84 Å². The van der Waals surface area contributed by atoms with Gasteiger partial charge in [0, 0.05) is 18.0 Å². The summed E-state index contributed by atoms with van der Waals surface area (Å²) in [6, 6.07) is 0. The van der Waals surface area contributed by atoms with Crippen LogP contribution in [0.4, 0.5) is 0 Å². The molecule has 0 saturated heterocycles. The Morgan fingerprint density at radius 2 is 2.45 bits per heavy atom. The van der Waals surface area contributed by atoms with Crippen LogP contribution >= 0.6 is 11.8 Å². The van der Waals surface area contributed by atoms with Gasteiger partial charge in [0.25, 0.3) is 0 Å². The number of nitrogens with two attached hydrogens (primary N) is 1. The summed E-state index contributed by atoms with van der Waals surface area (Å²) in [6.45, 7) is 0.424. The molecule has 2 aliphatic heterocycles. The van der Waals surface area contributed by atoms with Gasteiger partial charge in [-0.2, -0.15) is 0 Å². The normalized spacial score (nSPS) is 21.6. The maximum Gasteiger partial charge on any atom is 0.173 e. The van der Waals surface area contributed by atoms with Crippen molar-refractivity contribution in [2.75, 3.05) is 6.67 Å². The highest BCUT2D eigenvalue weighted by Crippen LogP contribution is 2.16. The standard InChI is InChI=1S/C5H6ClN5/c6-10-1-4-5(9-2-8-4)11(7)3-10/h1-2H,3,7H2. The molecule has 0 aliphatic carbocycles. The van der Waals surface area contributed by atoms with Gasteiger partial charge in [0.1, 0.15) is 18.7 Å². The minimum absolute atomic E-state index is 0.424. The Labute approximate surface area is 68.5 Å². The molecule has 2 heterocycles. The molecular weight excluding hydrogens is 166 g/mol. The van der Waals surface area contributed by atoms with Crippen molar-refractivity contribution in [3.05, 3.63) is 11.9 Å². The Balaban J connectivity index is 2.37. The van der Waals surface area contributed by atoms with Crippen LogP contribution < -0.4 is 5.84 Å². The van der Waals surface area contributed by atoms with Crippen LogP contribution in [0, 0.1) is 0 Å². The van der Waals surface area contributed by atoms with E-state index in [9.17, 15) is 0 Å². The summed E-state index contributed by atoms with van der Waals surface area (Å²) in [5, 5.41) is 1.44. The molecule has 0 atom stereocenters. The minimum atomic E-state index is 0.424. The van der Waals surface area contributed by atoms with Gasteiger partial charge in [-0.25, -0.2) is 15.8 Å². The lowest BCUT2D eigenvalue weighted by molar-refractivity contribution is 0.333. The molecule has 58 valence electrons. The molecule has 2 aliphatic rings. The van der Waals surface area contributed by atoms with Gasteiger partial charge in [0.2, 0.25) is 0 Å². The van der Waals surface area contributed by atoms with Crippen molar-refractivity contribution >= 4 is 24.0 Å². The van der Waals surface area contributed by atoms with Gasteiger partial charge in [-0.3, -0.25) is 9.43 Å². The molecule has 0 aromatic heterocycles. The number of aliphatic imine (C=N–C) groups is 2. The van der Waals surface area contributed by atoms with E-state index in [2.05, 4.69) is 9.98 Å². The van der Waals surface area contributed by atoms with E-state index in [1.54, 1.807) is 6.20 Å². The first-order valence-corrected chi connectivity index (χ1v) is 3.38. The highest BCUT2D eigenvalue weighted by Gasteiger charge is 2.22. The van der Waals surface area contributed by atoms with Crippen molar-refractivity contribution in [2.45, 2.75) is 0 Å². The summed E-state index contributed by atoms with van der Waals surface area (Å²) in [5.41, 5.74) is 0.703. The third-order valence-electron chi connectivity index (χ3n) is 1.43. The predicted octanol–water partition coefficient (Wildman–Crippen LogP) is -0.129. The molecule has 0 amide bonds. The van der Waals surface area contributed by atoms with Gasteiger partial charge in [-0.1, -0.05) is 0 Å². The third-order valence-corrected chi connectivity index (χ3v) is 1.63. The van der Waals surface area contributed by atoms with Crippen molar-refractivity contribution in [3.8, 4) is 0 Å². The topological polar surface area (TPSA) is 57.2 Å². The SMILES string of the molecule is NN1CN(Cl)C=C2N=CN=C21. The third kappa shape index (κ3) is 0.979. The first-order chi connectivity index (χ1) is 5.27. The highest BCUT2D eigenvalue weighted by molar-refractivity contribution is 6.16. The summed E-state index contributed by atoms with van der Waals surface area (Å²) in [4.78, 5) is 7.89. The van der Waals surface area contributed by atoms with Crippen LogP contribution in [0.1, 0.15) is 0 Å². The number of hydrogen-bond donors (Lipinski definition) is 1. The number of amidine groups is 1. The molecule has 11 heavy (non-hydrogen) atoms. The average Bonchev–Trinajstić information content (AvgIpc) is 2.34. The van der Waals surface area contributed by atoms with Crippen LogP contribution in [0.15, 0.2) is 21.9 Å². The molecule has 2 rings (SSSR count). The molecule has 0 fully saturated rings. The molecule has 0 spiro atoms. The zero-order valence-corrected chi connectivity index (χ0v) is 6.36. The summed E-state index contributed by atoms with van der Waals surface area (Å²) in [5.74, 6) is 6.23. The lowest BCUT2D eigenvalue weighted by Gasteiger charge is -2.26. The van der Waals surface area contributed by atoms with E-state index >= 15 is 0 Å². The molecule has 2 N–H and O–H groups in total. The molecule has 0 aromatic rings. The van der Waals surface area contributed by atoms with Crippen molar-refractivity contribution < 1.29 is 0 Å². The fourth-order valence-corrected chi connectivity index (χ4v) is 1.18. The van der Waals surface area contributed by atoms with Crippen molar-refractivity contribution in [1.82, 2.24) is 9.43 Å². The fourth-order valence-electron chi connectivity index (χ4n) is 0.968. The summed E-state index contributed by atoms with van der Waals surface area (Å²) in [6.07, 6.45) is 3.14. The quantitative estimate of drug-likeness (QED) is 0.408. The van der Waals surface area contributed by atoms with Gasteiger partial charge >= 0.3 is 0 Å². The number of halogens is 1. The maximum atomic E-state index is 5.68. The van der Waals surface area contributed by atoms with Crippen LogP contribution in [-0.4, -0.2) is 28.3 Å². The average molecular weight is 172 g/mol. The molecule has 0 aromatic carbocycles. The molecule has 0 radical (unpaired) electrons. The van der Waals surface area contributed by atoms with Crippen LogP contribution in [0.5, 0.6) is 0 Å². The Bertz CT molecular complexity index is 268. The molecular formula is C5H6ClN5. The van der Waals surface area contributed by atoms with E-state index in [4.69, 9.17) is 17.6 Å². The van der Waals surface area contributed by atoms with E-state index < -0.39 is 0 Å². The van der Waals surface area contributed by atoms with Gasteiger partial charge < -0.3 is 0 Å². The smallest absolute Gasteiger partial charge is 0.173 e. The first kappa shape index (κ1) is 6.63.